The van der Waals surface area contributed by atoms with Gasteiger partial charge >= 0.3 is 0 Å². The number of halogens is 2. The van der Waals surface area contributed by atoms with Gasteiger partial charge in [-0.3, -0.25) is 9.69 Å². The van der Waals surface area contributed by atoms with Crippen LogP contribution in [0.3, 0.4) is 0 Å². The summed E-state index contributed by atoms with van der Waals surface area (Å²) in [5.74, 6) is 0.709. The molecule has 1 saturated heterocycles. The summed E-state index contributed by atoms with van der Waals surface area (Å²) in [6.45, 7) is 3.36. The third-order valence-corrected chi connectivity index (χ3v) is 6.84. The molecule has 4 rings (SSSR count). The van der Waals surface area contributed by atoms with Gasteiger partial charge in [0, 0.05) is 30.5 Å². The molecule has 3 aromatic carbocycles. The zero-order valence-corrected chi connectivity index (χ0v) is 20.0. The van der Waals surface area contributed by atoms with Crippen LogP contribution in [0.5, 0.6) is 5.75 Å². The predicted octanol–water partition coefficient (Wildman–Crippen LogP) is 5.56. The molecule has 1 atom stereocenters. The number of hydrogen-bond donors (Lipinski definition) is 1. The van der Waals surface area contributed by atoms with Crippen molar-refractivity contribution in [2.45, 2.75) is 37.8 Å². The molecule has 1 aliphatic rings. The molecule has 0 aromatic heterocycles. The first-order valence-electron chi connectivity index (χ1n) is 10.7. The van der Waals surface area contributed by atoms with Crippen LogP contribution in [0, 0.1) is 0 Å². The number of benzene rings is 3. The molecule has 170 valence electrons. The quantitative estimate of drug-likeness (QED) is 0.475. The van der Waals surface area contributed by atoms with Gasteiger partial charge in [-0.2, -0.15) is 0 Å². The topological polar surface area (TPSA) is 49.8 Å². The Balaban J connectivity index is 0.00000289. The number of Topliss-reactive ketones (excluding diaryl/α,β-unsaturated/α-hetero) is 1. The third-order valence-electron chi connectivity index (χ3n) is 6.45. The zero-order valence-electron chi connectivity index (χ0n) is 18.4. The first kappa shape index (κ1) is 24.5. The number of likely N-dealkylation sites (tertiary alicyclic amines) is 1. The fourth-order valence-electron chi connectivity index (χ4n) is 4.47. The van der Waals surface area contributed by atoms with Crippen molar-refractivity contribution in [3.05, 3.63) is 76.8 Å². The molecule has 32 heavy (non-hydrogen) atoms. The van der Waals surface area contributed by atoms with Gasteiger partial charge in [-0.05, 0) is 42.8 Å². The number of piperidine rings is 1. The van der Waals surface area contributed by atoms with Crippen LogP contribution < -0.4 is 4.74 Å². The molecule has 0 amide bonds. The zero-order chi connectivity index (χ0) is 22.0. The smallest absolute Gasteiger partial charge is 0.179 e. The normalized spacial score (nSPS) is 16.9. The summed E-state index contributed by atoms with van der Waals surface area (Å²) in [5.41, 5.74) is 1.11. The van der Waals surface area contributed by atoms with E-state index in [1.165, 1.54) is 0 Å². The molecule has 4 nitrogen and oxygen atoms in total. The molecule has 0 saturated carbocycles. The summed E-state index contributed by atoms with van der Waals surface area (Å²) in [5, 5.41) is 13.4. The van der Waals surface area contributed by atoms with E-state index in [-0.39, 0.29) is 24.2 Å². The molecule has 6 heteroatoms. The van der Waals surface area contributed by atoms with Gasteiger partial charge in [-0.25, -0.2) is 0 Å². The second-order valence-corrected chi connectivity index (χ2v) is 8.86. The summed E-state index contributed by atoms with van der Waals surface area (Å²) in [6.07, 6.45) is 1.97. The summed E-state index contributed by atoms with van der Waals surface area (Å²) < 4.78 is 5.28. The first-order chi connectivity index (χ1) is 14.9. The number of ketones is 1. The van der Waals surface area contributed by atoms with E-state index >= 15 is 0 Å². The average Bonchev–Trinajstić information content (AvgIpc) is 2.79. The van der Waals surface area contributed by atoms with Gasteiger partial charge in [0.05, 0.1) is 23.8 Å². The van der Waals surface area contributed by atoms with Crippen LogP contribution in [-0.2, 0) is 6.42 Å². The van der Waals surface area contributed by atoms with Crippen molar-refractivity contribution < 1.29 is 14.6 Å². The monoisotopic (exact) mass is 473 g/mol. The second-order valence-electron chi connectivity index (χ2n) is 8.48. The summed E-state index contributed by atoms with van der Waals surface area (Å²) in [6, 6.07) is 19.2. The van der Waals surface area contributed by atoms with Gasteiger partial charge in [0.2, 0.25) is 0 Å². The minimum absolute atomic E-state index is 0. The maximum absolute atomic E-state index is 13.2. The average molecular weight is 474 g/mol. The number of hydrogen-bond acceptors (Lipinski definition) is 4. The fourth-order valence-corrected chi connectivity index (χ4v) is 4.78. The van der Waals surface area contributed by atoms with Crippen molar-refractivity contribution in [1.82, 2.24) is 4.90 Å². The third kappa shape index (κ3) is 5.10. The Labute approximate surface area is 200 Å². The maximum atomic E-state index is 13.2. The lowest BCUT2D eigenvalue weighted by molar-refractivity contribution is -0.0267. The minimum Gasteiger partial charge on any atom is -0.495 e. The summed E-state index contributed by atoms with van der Waals surface area (Å²) in [4.78, 5) is 15.4. The van der Waals surface area contributed by atoms with Gasteiger partial charge in [-0.15, -0.1) is 12.4 Å². The van der Waals surface area contributed by atoms with Crippen LogP contribution in [0.25, 0.3) is 10.8 Å². The Hall–Kier alpha value is -2.11. The number of carbonyl (C=O) groups excluding carboxylic acids is 1. The maximum Gasteiger partial charge on any atom is 0.179 e. The highest BCUT2D eigenvalue weighted by Crippen LogP contribution is 2.33. The number of aliphatic hydroxyl groups is 1. The molecule has 0 spiro atoms. The van der Waals surface area contributed by atoms with Gasteiger partial charge in [0.15, 0.2) is 5.78 Å². The van der Waals surface area contributed by atoms with Crippen molar-refractivity contribution in [2.75, 3.05) is 20.2 Å². The van der Waals surface area contributed by atoms with Gasteiger partial charge in [0.1, 0.15) is 5.75 Å². The van der Waals surface area contributed by atoms with Crippen molar-refractivity contribution >= 4 is 40.6 Å². The van der Waals surface area contributed by atoms with E-state index in [1.54, 1.807) is 7.11 Å². The molecule has 0 radical (unpaired) electrons. The number of fused-ring (bicyclic) bond motifs is 1. The van der Waals surface area contributed by atoms with Crippen molar-refractivity contribution in [1.29, 1.82) is 0 Å². The minimum atomic E-state index is -0.709. The Kier molecular flexibility index (Phi) is 7.84. The largest absolute Gasteiger partial charge is 0.495 e. The fraction of sp³-hybridized carbons (Fsp3) is 0.346. The van der Waals surface area contributed by atoms with Gasteiger partial charge in [0.25, 0.3) is 0 Å². The van der Waals surface area contributed by atoms with Crippen LogP contribution in [-0.4, -0.2) is 47.6 Å². The standard InChI is InChI=1S/C26H28ClNO3.ClH/c1-18(28-14-12-26(30,13-15-28)17-19-6-4-3-5-7-19)25(29)21-8-10-22-20(16-21)9-11-23(31-2)24(22)27;/h3-11,16,18,30H,12-15,17H2,1-2H3;1H. The summed E-state index contributed by atoms with van der Waals surface area (Å²) >= 11 is 6.40. The second kappa shape index (κ2) is 10.2. The van der Waals surface area contributed by atoms with Crippen LogP contribution in [0.2, 0.25) is 5.02 Å². The Bertz CT molecular complexity index is 1080. The molecule has 1 aliphatic heterocycles. The molecule has 1 fully saturated rings. The molecule has 3 aromatic rings. The number of rotatable bonds is 6. The summed E-state index contributed by atoms with van der Waals surface area (Å²) in [7, 11) is 1.59. The SMILES string of the molecule is COc1ccc2cc(C(=O)C(C)N3CCC(O)(Cc4ccccc4)CC3)ccc2c1Cl.Cl. The van der Waals surface area contributed by atoms with E-state index in [0.29, 0.717) is 48.7 Å². The highest BCUT2D eigenvalue weighted by Gasteiger charge is 2.35. The van der Waals surface area contributed by atoms with E-state index in [2.05, 4.69) is 17.0 Å². The lowest BCUT2D eigenvalue weighted by Gasteiger charge is -2.40. The van der Waals surface area contributed by atoms with E-state index in [1.807, 2.05) is 55.5 Å². The Morgan fingerprint density at radius 3 is 2.47 bits per heavy atom. The number of methoxy groups -OCH3 is 1. The van der Waals surface area contributed by atoms with Crippen molar-refractivity contribution in [3.8, 4) is 5.75 Å². The van der Waals surface area contributed by atoms with Crippen molar-refractivity contribution in [3.63, 3.8) is 0 Å². The number of nitrogens with zero attached hydrogens (tertiary/aromatic N) is 1. The van der Waals surface area contributed by atoms with Crippen LogP contribution >= 0.6 is 24.0 Å². The molecule has 0 aliphatic carbocycles. The molecule has 1 heterocycles. The molecule has 1 unspecified atom stereocenters. The Morgan fingerprint density at radius 2 is 1.81 bits per heavy atom. The molecule has 1 N–H and O–H groups in total. The molecule has 0 bridgehead atoms. The van der Waals surface area contributed by atoms with Crippen molar-refractivity contribution in [2.24, 2.45) is 0 Å². The lowest BCUT2D eigenvalue weighted by atomic mass is 9.84. The molecular weight excluding hydrogens is 445 g/mol. The Morgan fingerprint density at radius 1 is 1.12 bits per heavy atom. The van der Waals surface area contributed by atoms with Gasteiger partial charge < -0.3 is 9.84 Å². The lowest BCUT2D eigenvalue weighted by Crippen LogP contribution is -2.50. The van der Waals surface area contributed by atoms with Crippen LogP contribution in [0.15, 0.2) is 60.7 Å². The van der Waals surface area contributed by atoms with E-state index in [4.69, 9.17) is 16.3 Å². The van der Waals surface area contributed by atoms with E-state index in [0.717, 1.165) is 16.3 Å². The van der Waals surface area contributed by atoms with Crippen LogP contribution in [0.4, 0.5) is 0 Å². The number of carbonyl (C=O) groups is 1. The highest BCUT2D eigenvalue weighted by molar-refractivity contribution is 6.37. The highest BCUT2D eigenvalue weighted by atomic mass is 35.5. The molecular formula is C26H29Cl2NO3. The first-order valence-corrected chi connectivity index (χ1v) is 11.1. The van der Waals surface area contributed by atoms with E-state index < -0.39 is 5.60 Å². The predicted molar refractivity (Wildman–Crippen MR) is 132 cm³/mol. The van der Waals surface area contributed by atoms with Gasteiger partial charge in [-0.1, -0.05) is 60.1 Å². The van der Waals surface area contributed by atoms with Crippen LogP contribution in [0.1, 0.15) is 35.7 Å². The number of ether oxygens (including phenoxy) is 1. The van der Waals surface area contributed by atoms with E-state index in [9.17, 15) is 9.90 Å².